The summed E-state index contributed by atoms with van der Waals surface area (Å²) in [6, 6.07) is 5.09. The van der Waals surface area contributed by atoms with E-state index in [4.69, 9.17) is 32.7 Å². The summed E-state index contributed by atoms with van der Waals surface area (Å²) in [5.74, 6) is -3.54. The minimum atomic E-state index is -1.34. The van der Waals surface area contributed by atoms with Gasteiger partial charge >= 0.3 is 5.97 Å². The summed E-state index contributed by atoms with van der Waals surface area (Å²) in [5.41, 5.74) is 0.473. The SMILES string of the molecule is CCOc1c(Cl)cc([C@@H]2C(C#N)=C(SCC(=O)NCC(C)C)NC(=O)[C@@H]2C(=O)OC)cc1Cl. The second-order valence-corrected chi connectivity index (χ2v) is 9.36. The third kappa shape index (κ3) is 6.56. The molecule has 0 radical (unpaired) electrons. The molecule has 2 atom stereocenters. The number of nitrogens with one attached hydrogen (secondary N) is 2. The molecule has 0 unspecified atom stereocenters. The molecule has 0 saturated heterocycles. The number of methoxy groups -OCH3 is 1. The van der Waals surface area contributed by atoms with E-state index in [2.05, 4.69) is 16.7 Å². The maximum atomic E-state index is 12.9. The van der Waals surface area contributed by atoms with Crippen molar-refractivity contribution in [3.05, 3.63) is 38.3 Å². The minimum Gasteiger partial charge on any atom is -0.491 e. The molecule has 2 rings (SSSR count). The van der Waals surface area contributed by atoms with E-state index < -0.39 is 23.7 Å². The second-order valence-electron chi connectivity index (χ2n) is 7.56. The van der Waals surface area contributed by atoms with Crippen LogP contribution < -0.4 is 15.4 Å². The molecule has 0 fully saturated rings. The number of benzene rings is 1. The van der Waals surface area contributed by atoms with Gasteiger partial charge in [-0.3, -0.25) is 14.4 Å². The van der Waals surface area contributed by atoms with Crippen molar-refractivity contribution >= 4 is 52.7 Å². The van der Waals surface area contributed by atoms with Crippen molar-refractivity contribution in [3.63, 3.8) is 0 Å². The summed E-state index contributed by atoms with van der Waals surface area (Å²) in [6.45, 7) is 6.55. The molecule has 1 aliphatic rings. The maximum absolute atomic E-state index is 12.9. The number of hydrogen-bond donors (Lipinski definition) is 2. The van der Waals surface area contributed by atoms with Crippen LogP contribution in [0.15, 0.2) is 22.7 Å². The largest absolute Gasteiger partial charge is 0.491 e. The predicted molar refractivity (Wildman–Crippen MR) is 127 cm³/mol. The van der Waals surface area contributed by atoms with Crippen LogP contribution in [-0.4, -0.2) is 43.8 Å². The van der Waals surface area contributed by atoms with Crippen LogP contribution in [0.3, 0.4) is 0 Å². The van der Waals surface area contributed by atoms with Gasteiger partial charge in [-0.15, -0.1) is 0 Å². The van der Waals surface area contributed by atoms with Crippen molar-refractivity contribution in [2.75, 3.05) is 26.0 Å². The zero-order valence-corrected chi connectivity index (χ0v) is 21.0. The summed E-state index contributed by atoms with van der Waals surface area (Å²) >= 11 is 13.7. The number of hydrogen-bond acceptors (Lipinski definition) is 7. The number of nitrogens with zero attached hydrogens (tertiary/aromatic N) is 1. The Labute approximate surface area is 207 Å². The molecule has 0 bridgehead atoms. The highest BCUT2D eigenvalue weighted by atomic mass is 35.5. The van der Waals surface area contributed by atoms with Gasteiger partial charge in [-0.05, 0) is 30.5 Å². The number of rotatable bonds is 9. The number of halogens is 2. The summed E-state index contributed by atoms with van der Waals surface area (Å²) < 4.78 is 10.3. The smallest absolute Gasteiger partial charge is 0.319 e. The molecule has 1 heterocycles. The number of esters is 1. The predicted octanol–water partition coefficient (Wildman–Crippen LogP) is 3.64. The van der Waals surface area contributed by atoms with Gasteiger partial charge in [-0.25, -0.2) is 0 Å². The van der Waals surface area contributed by atoms with E-state index in [0.717, 1.165) is 18.9 Å². The Hall–Kier alpha value is -2.41. The molecular weight excluding hydrogens is 489 g/mol. The first-order valence-corrected chi connectivity index (χ1v) is 11.9. The van der Waals surface area contributed by atoms with Crippen molar-refractivity contribution in [2.45, 2.75) is 26.7 Å². The molecule has 0 saturated carbocycles. The quantitative estimate of drug-likeness (QED) is 0.382. The van der Waals surface area contributed by atoms with Gasteiger partial charge in [0.15, 0.2) is 5.75 Å². The van der Waals surface area contributed by atoms with Crippen LogP contribution >= 0.6 is 35.0 Å². The van der Waals surface area contributed by atoms with Crippen LogP contribution in [0.4, 0.5) is 0 Å². The van der Waals surface area contributed by atoms with Crippen molar-refractivity contribution in [1.29, 1.82) is 5.26 Å². The van der Waals surface area contributed by atoms with Crippen LogP contribution in [0.5, 0.6) is 5.75 Å². The molecular formula is C22H25Cl2N3O5S. The summed E-state index contributed by atoms with van der Waals surface area (Å²) in [4.78, 5) is 37.5. The van der Waals surface area contributed by atoms with Crippen LogP contribution in [0.1, 0.15) is 32.3 Å². The summed E-state index contributed by atoms with van der Waals surface area (Å²) in [7, 11) is 1.16. The van der Waals surface area contributed by atoms with Gasteiger partial charge in [-0.2, -0.15) is 5.26 Å². The number of carbonyl (C=O) groups excluding carboxylic acids is 3. The number of thioether (sulfide) groups is 1. The molecule has 178 valence electrons. The lowest BCUT2D eigenvalue weighted by Gasteiger charge is -2.31. The zero-order chi connectivity index (χ0) is 24.7. The summed E-state index contributed by atoms with van der Waals surface area (Å²) in [5, 5.41) is 15.8. The third-order valence-electron chi connectivity index (χ3n) is 4.71. The molecule has 11 heteroatoms. The Morgan fingerprint density at radius 2 is 1.94 bits per heavy atom. The van der Waals surface area contributed by atoms with E-state index in [-0.39, 0.29) is 44.0 Å². The molecule has 8 nitrogen and oxygen atoms in total. The lowest BCUT2D eigenvalue weighted by Crippen LogP contribution is -2.44. The average Bonchev–Trinajstić information content (AvgIpc) is 2.77. The van der Waals surface area contributed by atoms with Crippen LogP contribution in [0.2, 0.25) is 10.0 Å². The topological polar surface area (TPSA) is 118 Å². The van der Waals surface area contributed by atoms with E-state index in [1.54, 1.807) is 6.92 Å². The number of ether oxygens (including phenoxy) is 2. The van der Waals surface area contributed by atoms with E-state index in [9.17, 15) is 19.6 Å². The van der Waals surface area contributed by atoms with Crippen LogP contribution in [0, 0.1) is 23.2 Å². The molecule has 1 aliphatic heterocycles. The molecule has 1 aromatic carbocycles. The van der Waals surface area contributed by atoms with Gasteiger partial charge in [0.25, 0.3) is 0 Å². The summed E-state index contributed by atoms with van der Waals surface area (Å²) in [6.07, 6.45) is 0. The van der Waals surface area contributed by atoms with E-state index >= 15 is 0 Å². The Morgan fingerprint density at radius 3 is 2.45 bits per heavy atom. The molecule has 0 aromatic heterocycles. The third-order valence-corrected chi connectivity index (χ3v) is 6.29. The second kappa shape index (κ2) is 12.2. The Kier molecular flexibility index (Phi) is 9.89. The Bertz CT molecular complexity index is 983. The average molecular weight is 514 g/mol. The van der Waals surface area contributed by atoms with Gasteiger partial charge in [0.2, 0.25) is 11.8 Å². The minimum absolute atomic E-state index is 0.0199. The molecule has 1 aromatic rings. The monoisotopic (exact) mass is 513 g/mol. The number of amides is 2. The standard InChI is InChI=1S/C22H25Cl2N3O5S/c1-5-32-19-14(23)6-12(7-15(19)24)17-13(8-25)21(27-20(29)18(17)22(30)31-4)33-10-16(28)26-9-11(2)3/h6-7,11,17-18H,5,9-10H2,1-4H3,(H,26,28)(H,27,29)/t17-,18-/m1/s1. The highest BCUT2D eigenvalue weighted by molar-refractivity contribution is 8.03. The van der Waals surface area contributed by atoms with Crippen molar-refractivity contribution < 1.29 is 23.9 Å². The molecule has 2 N–H and O–H groups in total. The van der Waals surface area contributed by atoms with E-state index in [1.165, 1.54) is 12.1 Å². The molecule has 0 spiro atoms. The maximum Gasteiger partial charge on any atom is 0.319 e. The molecule has 0 aliphatic carbocycles. The highest BCUT2D eigenvalue weighted by Gasteiger charge is 2.44. The normalized spacial score (nSPS) is 17.9. The molecule has 2 amide bonds. The van der Waals surface area contributed by atoms with Crippen molar-refractivity contribution in [2.24, 2.45) is 11.8 Å². The van der Waals surface area contributed by atoms with Crippen molar-refractivity contribution in [3.8, 4) is 11.8 Å². The fourth-order valence-corrected chi connectivity index (χ4v) is 4.72. The van der Waals surface area contributed by atoms with Gasteiger partial charge in [0.05, 0.1) is 46.2 Å². The van der Waals surface area contributed by atoms with Crippen LogP contribution in [-0.2, 0) is 19.1 Å². The fraction of sp³-hybridized carbons (Fsp3) is 0.455. The first-order valence-electron chi connectivity index (χ1n) is 10.2. The fourth-order valence-electron chi connectivity index (χ4n) is 3.23. The van der Waals surface area contributed by atoms with Gasteiger partial charge in [0.1, 0.15) is 5.92 Å². The van der Waals surface area contributed by atoms with E-state index in [1.807, 2.05) is 13.8 Å². The van der Waals surface area contributed by atoms with Crippen LogP contribution in [0.25, 0.3) is 0 Å². The number of carbonyl (C=O) groups is 3. The highest BCUT2D eigenvalue weighted by Crippen LogP contribution is 2.44. The molecule has 33 heavy (non-hydrogen) atoms. The first kappa shape index (κ1) is 26.8. The number of nitriles is 1. The first-order chi connectivity index (χ1) is 15.6. The lowest BCUT2D eigenvalue weighted by molar-refractivity contribution is -0.150. The Balaban J connectivity index is 2.51. The van der Waals surface area contributed by atoms with Gasteiger partial charge in [0, 0.05) is 12.5 Å². The van der Waals surface area contributed by atoms with Gasteiger partial charge < -0.3 is 20.1 Å². The van der Waals surface area contributed by atoms with Gasteiger partial charge in [-0.1, -0.05) is 48.8 Å². The van der Waals surface area contributed by atoms with Crippen molar-refractivity contribution in [1.82, 2.24) is 10.6 Å². The zero-order valence-electron chi connectivity index (χ0n) is 18.7. The number of allylic oxidation sites excluding steroid dienone is 1. The van der Waals surface area contributed by atoms with E-state index in [0.29, 0.717) is 18.7 Å². The lowest BCUT2D eigenvalue weighted by atomic mass is 9.78. The Morgan fingerprint density at radius 1 is 1.30 bits per heavy atom.